The van der Waals surface area contributed by atoms with E-state index in [2.05, 4.69) is 67.8 Å². The molecule has 8 rings (SSSR count). The van der Waals surface area contributed by atoms with Gasteiger partial charge in [0, 0.05) is 49.0 Å². The number of para-hydroxylation sites is 3. The Morgan fingerprint density at radius 2 is 1.52 bits per heavy atom. The number of hydrogen-bond donors (Lipinski definition) is 1. The minimum Gasteiger partial charge on any atom is -0.507 e. The largest absolute Gasteiger partial charge is 0.507 e. The third-order valence-corrected chi connectivity index (χ3v) is 8.02. The Labute approximate surface area is 268 Å². The number of rotatable bonds is 3. The number of aromatic hydroxyl groups is 1. The molecule has 218 valence electrons. The molecule has 6 nitrogen and oxygen atoms in total. The molecule has 0 aliphatic rings. The van der Waals surface area contributed by atoms with Crippen molar-refractivity contribution in [2.24, 2.45) is 0 Å². The molecule has 44 heavy (non-hydrogen) atoms. The molecular formula is C37H27N4O2Pt-. The van der Waals surface area contributed by atoms with Crippen LogP contribution in [0.1, 0.15) is 26.3 Å². The number of nitrogens with zero attached hydrogens (tertiary/aromatic N) is 4. The Kier molecular flexibility index (Phi) is 6.63. The van der Waals surface area contributed by atoms with E-state index in [4.69, 9.17) is 19.4 Å². The first-order valence-corrected chi connectivity index (χ1v) is 14.3. The van der Waals surface area contributed by atoms with Gasteiger partial charge in [-0.25, -0.2) is 4.98 Å². The number of phenols is 1. The van der Waals surface area contributed by atoms with E-state index in [9.17, 15) is 5.11 Å². The first kappa shape index (κ1) is 28.0. The van der Waals surface area contributed by atoms with Gasteiger partial charge in [0.05, 0.1) is 11.3 Å². The van der Waals surface area contributed by atoms with Gasteiger partial charge in [0.15, 0.2) is 5.58 Å². The van der Waals surface area contributed by atoms with Gasteiger partial charge >= 0.3 is 0 Å². The molecule has 0 fully saturated rings. The summed E-state index contributed by atoms with van der Waals surface area (Å²) >= 11 is 0. The molecule has 8 aromatic rings. The van der Waals surface area contributed by atoms with Crippen molar-refractivity contribution < 1.29 is 30.6 Å². The second-order valence-electron chi connectivity index (χ2n) is 11.8. The van der Waals surface area contributed by atoms with E-state index in [-0.39, 0.29) is 32.2 Å². The van der Waals surface area contributed by atoms with Crippen molar-refractivity contribution in [3.8, 4) is 34.1 Å². The molecule has 1 N–H and O–H groups in total. The smallest absolute Gasteiger partial charge is 0.178 e. The van der Waals surface area contributed by atoms with Crippen LogP contribution in [0.25, 0.3) is 72.3 Å². The second kappa shape index (κ2) is 10.4. The summed E-state index contributed by atoms with van der Waals surface area (Å²) in [7, 11) is 0. The Hall–Kier alpha value is -4.80. The number of fused-ring (bicyclic) bond motifs is 6. The van der Waals surface area contributed by atoms with Gasteiger partial charge < -0.3 is 14.1 Å². The van der Waals surface area contributed by atoms with Gasteiger partial charge in [-0.1, -0.05) is 63.2 Å². The summed E-state index contributed by atoms with van der Waals surface area (Å²) in [5.41, 5.74) is 7.51. The van der Waals surface area contributed by atoms with Crippen LogP contribution < -0.4 is 0 Å². The minimum atomic E-state index is -0.169. The normalized spacial score (nSPS) is 11.9. The molecular weight excluding hydrogens is 728 g/mol. The quantitative estimate of drug-likeness (QED) is 0.182. The van der Waals surface area contributed by atoms with Crippen molar-refractivity contribution in [3.05, 3.63) is 115 Å². The van der Waals surface area contributed by atoms with Crippen LogP contribution in [0.3, 0.4) is 0 Å². The number of hydrogen-bond acceptors (Lipinski definition) is 5. The number of phenolic OH excluding ortho intramolecular Hbond substituents is 1. The molecule has 0 unspecified atom stereocenters. The van der Waals surface area contributed by atoms with Gasteiger partial charge in [0.1, 0.15) is 28.2 Å². The molecule has 0 saturated carbocycles. The topological polar surface area (TPSA) is 77.0 Å². The van der Waals surface area contributed by atoms with Crippen LogP contribution in [0.2, 0.25) is 0 Å². The van der Waals surface area contributed by atoms with Crippen LogP contribution >= 0.6 is 0 Å². The second-order valence-corrected chi connectivity index (χ2v) is 11.8. The number of furan rings is 1. The predicted octanol–water partition coefficient (Wildman–Crippen LogP) is 9.00. The molecule has 4 heterocycles. The maximum Gasteiger partial charge on any atom is 0.178 e. The van der Waals surface area contributed by atoms with Crippen LogP contribution in [-0.4, -0.2) is 24.6 Å². The average molecular weight is 755 g/mol. The van der Waals surface area contributed by atoms with Crippen molar-refractivity contribution >= 4 is 44.0 Å². The maximum atomic E-state index is 10.9. The first-order chi connectivity index (χ1) is 20.9. The van der Waals surface area contributed by atoms with Crippen LogP contribution in [-0.2, 0) is 26.5 Å². The molecule has 4 aromatic carbocycles. The molecule has 0 spiro atoms. The zero-order chi connectivity index (χ0) is 29.3. The molecule has 0 radical (unpaired) electrons. The zero-order valence-corrected chi connectivity index (χ0v) is 26.5. The van der Waals surface area contributed by atoms with E-state index < -0.39 is 0 Å². The van der Waals surface area contributed by atoms with Crippen molar-refractivity contribution in [1.29, 1.82) is 0 Å². The van der Waals surface area contributed by atoms with Crippen LogP contribution in [0.4, 0.5) is 0 Å². The van der Waals surface area contributed by atoms with E-state index >= 15 is 0 Å². The third-order valence-electron chi connectivity index (χ3n) is 8.02. The molecule has 0 amide bonds. The Morgan fingerprint density at radius 1 is 0.795 bits per heavy atom. The van der Waals surface area contributed by atoms with Crippen LogP contribution in [0.15, 0.2) is 108 Å². The van der Waals surface area contributed by atoms with Gasteiger partial charge in [0.2, 0.25) is 0 Å². The summed E-state index contributed by atoms with van der Waals surface area (Å²) in [6.45, 7) is 6.59. The molecule has 0 saturated heterocycles. The van der Waals surface area contributed by atoms with Crippen LogP contribution in [0, 0.1) is 6.07 Å². The summed E-state index contributed by atoms with van der Waals surface area (Å²) < 4.78 is 8.45. The minimum absolute atomic E-state index is 0. The summed E-state index contributed by atoms with van der Waals surface area (Å²) in [5.74, 6) is 0.622. The Morgan fingerprint density at radius 3 is 2.34 bits per heavy atom. The molecule has 7 heteroatoms. The van der Waals surface area contributed by atoms with Crippen molar-refractivity contribution in [1.82, 2.24) is 19.5 Å². The molecule has 0 aliphatic heterocycles. The zero-order valence-electron chi connectivity index (χ0n) is 24.3. The standard InChI is InChI=1S/C37H27N4O2.Pt/c1-37(2,3)23-19-22(20-24(21-23)41-29-15-7-4-11-25(29)26-14-10-18-38-36(26)41)35-39-32(27-12-5-8-16-30(27)42)34-33(40-35)28-13-6-9-17-31(28)43-34;/h4-19,21,42H,1-3H3;/q-1;. The molecule has 0 bridgehead atoms. The van der Waals surface area contributed by atoms with E-state index in [1.165, 1.54) is 0 Å². The van der Waals surface area contributed by atoms with Crippen molar-refractivity contribution in [2.45, 2.75) is 26.2 Å². The number of pyridine rings is 1. The fourth-order valence-corrected chi connectivity index (χ4v) is 5.84. The van der Waals surface area contributed by atoms with Gasteiger partial charge in [0.25, 0.3) is 0 Å². The van der Waals surface area contributed by atoms with E-state index in [0.717, 1.165) is 44.1 Å². The predicted molar refractivity (Wildman–Crippen MR) is 172 cm³/mol. The monoisotopic (exact) mass is 754 g/mol. The Balaban J connectivity index is 0.00000312. The third kappa shape index (κ3) is 4.40. The maximum absolute atomic E-state index is 10.9. The Bertz CT molecular complexity index is 2310. The number of benzene rings is 4. The fraction of sp³-hybridized carbons (Fsp3) is 0.108. The number of aromatic nitrogens is 4. The first-order valence-electron chi connectivity index (χ1n) is 14.3. The van der Waals surface area contributed by atoms with Gasteiger partial charge in [-0.3, -0.25) is 9.97 Å². The molecule has 0 atom stereocenters. The van der Waals surface area contributed by atoms with E-state index in [1.54, 1.807) is 12.1 Å². The van der Waals surface area contributed by atoms with E-state index in [0.29, 0.717) is 33.8 Å². The van der Waals surface area contributed by atoms with Crippen LogP contribution in [0.5, 0.6) is 5.75 Å². The van der Waals surface area contributed by atoms with Gasteiger partial charge in [-0.15, -0.1) is 29.3 Å². The summed E-state index contributed by atoms with van der Waals surface area (Å²) in [4.78, 5) is 14.9. The van der Waals surface area contributed by atoms with Gasteiger partial charge in [-0.2, -0.15) is 0 Å². The summed E-state index contributed by atoms with van der Waals surface area (Å²) in [5, 5.41) is 14.0. The fourth-order valence-electron chi connectivity index (χ4n) is 5.84. The van der Waals surface area contributed by atoms with Gasteiger partial charge in [-0.05, 0) is 53.6 Å². The SMILES string of the molecule is CC(C)(C)c1cc(-c2nc(-c3ccccc3O)c3oc4ccccc4c3n2)[c-]c(-n2c3ccccc3c3cccnc32)c1.[Pt]. The summed E-state index contributed by atoms with van der Waals surface area (Å²) in [6, 6.07) is 35.4. The molecule has 4 aromatic heterocycles. The van der Waals surface area contributed by atoms with Crippen molar-refractivity contribution in [3.63, 3.8) is 0 Å². The van der Waals surface area contributed by atoms with Crippen molar-refractivity contribution in [2.75, 3.05) is 0 Å². The summed E-state index contributed by atoms with van der Waals surface area (Å²) in [6.07, 6.45) is 1.83. The average Bonchev–Trinajstić information content (AvgIpc) is 3.56. The van der Waals surface area contributed by atoms with E-state index in [1.807, 2.05) is 54.7 Å². The molecule has 0 aliphatic carbocycles.